The van der Waals surface area contributed by atoms with E-state index in [2.05, 4.69) is 5.32 Å². The first-order valence-electron chi connectivity index (χ1n) is 6.11. The lowest BCUT2D eigenvalue weighted by Gasteiger charge is -2.15. The van der Waals surface area contributed by atoms with Crippen molar-refractivity contribution in [3.8, 4) is 0 Å². The molecule has 1 aromatic rings. The minimum absolute atomic E-state index is 0.138. The molecule has 2 atom stereocenters. The Kier molecular flexibility index (Phi) is 5.36. The lowest BCUT2D eigenvalue weighted by atomic mass is 10.00. The molecule has 0 aromatic heterocycles. The Labute approximate surface area is 107 Å². The largest absolute Gasteiger partial charge is 0.481 e. The van der Waals surface area contributed by atoms with Crippen LogP contribution in [-0.4, -0.2) is 23.5 Å². The first kappa shape index (κ1) is 14.2. The van der Waals surface area contributed by atoms with Gasteiger partial charge in [-0.2, -0.15) is 0 Å². The van der Waals surface area contributed by atoms with Crippen molar-refractivity contribution in [2.24, 2.45) is 5.92 Å². The van der Waals surface area contributed by atoms with Crippen molar-refractivity contribution in [3.05, 3.63) is 35.9 Å². The van der Waals surface area contributed by atoms with Gasteiger partial charge in [0.25, 0.3) is 0 Å². The quantitative estimate of drug-likeness (QED) is 0.810. The van der Waals surface area contributed by atoms with Crippen LogP contribution in [0, 0.1) is 5.92 Å². The van der Waals surface area contributed by atoms with Gasteiger partial charge in [-0.15, -0.1) is 0 Å². The second-order valence-corrected chi connectivity index (χ2v) is 4.32. The smallest absolute Gasteiger partial charge is 0.308 e. The third-order valence-corrected chi connectivity index (χ3v) is 3.06. The summed E-state index contributed by atoms with van der Waals surface area (Å²) in [7, 11) is 0. The molecule has 1 amide bonds. The predicted molar refractivity (Wildman–Crippen MR) is 69.3 cm³/mol. The fraction of sp³-hybridized carbons (Fsp3) is 0.429. The van der Waals surface area contributed by atoms with Gasteiger partial charge in [-0.05, 0) is 18.9 Å². The van der Waals surface area contributed by atoms with Gasteiger partial charge >= 0.3 is 5.97 Å². The van der Waals surface area contributed by atoms with Gasteiger partial charge in [-0.1, -0.05) is 37.3 Å². The van der Waals surface area contributed by atoms with E-state index in [4.69, 9.17) is 5.11 Å². The van der Waals surface area contributed by atoms with E-state index in [1.807, 2.05) is 37.3 Å². The Balaban J connectivity index is 2.53. The van der Waals surface area contributed by atoms with Crippen molar-refractivity contribution in [1.29, 1.82) is 0 Å². The zero-order valence-corrected chi connectivity index (χ0v) is 10.7. The molecule has 0 radical (unpaired) electrons. The molecule has 1 rings (SSSR count). The average Bonchev–Trinajstić information content (AvgIpc) is 2.39. The summed E-state index contributed by atoms with van der Waals surface area (Å²) in [6.07, 6.45) is 0.509. The van der Waals surface area contributed by atoms with E-state index in [9.17, 15) is 9.59 Å². The van der Waals surface area contributed by atoms with Gasteiger partial charge < -0.3 is 10.4 Å². The number of carboxylic acids is 1. The molecule has 1 aromatic carbocycles. The van der Waals surface area contributed by atoms with Gasteiger partial charge in [0.05, 0.1) is 11.8 Å². The summed E-state index contributed by atoms with van der Waals surface area (Å²) in [5.74, 6) is -1.79. The maximum Gasteiger partial charge on any atom is 0.308 e. The molecule has 0 saturated carbocycles. The number of carboxylic acid groups (broad SMARTS) is 1. The lowest BCUT2D eigenvalue weighted by Crippen LogP contribution is -2.35. The van der Waals surface area contributed by atoms with Crippen molar-refractivity contribution in [2.45, 2.75) is 26.2 Å². The van der Waals surface area contributed by atoms with E-state index in [-0.39, 0.29) is 18.4 Å². The summed E-state index contributed by atoms with van der Waals surface area (Å²) in [6.45, 7) is 3.79. The molecular formula is C14H19NO3. The van der Waals surface area contributed by atoms with Crippen molar-refractivity contribution in [1.82, 2.24) is 5.32 Å². The SMILES string of the molecule is CCC(CNC(=O)C(C)c1ccccc1)C(=O)O. The Hall–Kier alpha value is -1.84. The summed E-state index contributed by atoms with van der Waals surface area (Å²) in [4.78, 5) is 22.7. The first-order chi connectivity index (χ1) is 8.56. The van der Waals surface area contributed by atoms with Crippen LogP contribution in [0.3, 0.4) is 0 Å². The summed E-state index contributed by atoms with van der Waals surface area (Å²) >= 11 is 0. The lowest BCUT2D eigenvalue weighted by molar-refractivity contribution is -0.141. The normalized spacial score (nSPS) is 13.7. The number of amides is 1. The fourth-order valence-electron chi connectivity index (χ4n) is 1.68. The van der Waals surface area contributed by atoms with Gasteiger partial charge in [0.15, 0.2) is 0 Å². The van der Waals surface area contributed by atoms with E-state index < -0.39 is 11.9 Å². The molecule has 0 aliphatic rings. The first-order valence-corrected chi connectivity index (χ1v) is 6.11. The third kappa shape index (κ3) is 3.87. The number of carbonyl (C=O) groups is 2. The Morgan fingerprint density at radius 3 is 2.39 bits per heavy atom. The second kappa shape index (κ2) is 6.79. The summed E-state index contributed by atoms with van der Waals surface area (Å²) in [5.41, 5.74) is 0.929. The molecular weight excluding hydrogens is 230 g/mol. The minimum Gasteiger partial charge on any atom is -0.481 e. The standard InChI is InChI=1S/C14H19NO3/c1-3-11(14(17)18)9-15-13(16)10(2)12-7-5-4-6-8-12/h4-8,10-11H,3,9H2,1-2H3,(H,15,16)(H,17,18). The molecule has 0 fully saturated rings. The molecule has 2 N–H and O–H groups in total. The van der Waals surface area contributed by atoms with Crippen molar-refractivity contribution >= 4 is 11.9 Å². The molecule has 0 heterocycles. The minimum atomic E-state index is -0.870. The third-order valence-electron chi connectivity index (χ3n) is 3.06. The van der Waals surface area contributed by atoms with Gasteiger partial charge in [0.1, 0.15) is 0 Å². The number of aliphatic carboxylic acids is 1. The Morgan fingerprint density at radius 1 is 1.28 bits per heavy atom. The molecule has 98 valence electrons. The molecule has 0 spiro atoms. The monoisotopic (exact) mass is 249 g/mol. The Morgan fingerprint density at radius 2 is 1.89 bits per heavy atom. The van der Waals surface area contributed by atoms with E-state index >= 15 is 0 Å². The molecule has 2 unspecified atom stereocenters. The van der Waals surface area contributed by atoms with Crippen LogP contribution in [0.5, 0.6) is 0 Å². The number of hydrogen-bond acceptors (Lipinski definition) is 2. The summed E-state index contributed by atoms with van der Waals surface area (Å²) in [6, 6.07) is 9.43. The highest BCUT2D eigenvalue weighted by Crippen LogP contribution is 2.14. The van der Waals surface area contributed by atoms with Crippen LogP contribution in [0.2, 0.25) is 0 Å². The highest BCUT2D eigenvalue weighted by Gasteiger charge is 2.19. The number of rotatable bonds is 6. The highest BCUT2D eigenvalue weighted by molar-refractivity contribution is 5.83. The second-order valence-electron chi connectivity index (χ2n) is 4.32. The van der Waals surface area contributed by atoms with E-state index in [0.29, 0.717) is 6.42 Å². The number of benzene rings is 1. The molecule has 18 heavy (non-hydrogen) atoms. The molecule has 0 saturated heterocycles. The average molecular weight is 249 g/mol. The van der Waals surface area contributed by atoms with Gasteiger partial charge in [0, 0.05) is 6.54 Å². The van der Waals surface area contributed by atoms with Crippen LogP contribution in [0.25, 0.3) is 0 Å². The number of nitrogens with one attached hydrogen (secondary N) is 1. The molecule has 4 heteroatoms. The van der Waals surface area contributed by atoms with Crippen molar-refractivity contribution < 1.29 is 14.7 Å². The van der Waals surface area contributed by atoms with Crippen LogP contribution in [0.1, 0.15) is 31.7 Å². The zero-order chi connectivity index (χ0) is 13.5. The van der Waals surface area contributed by atoms with E-state index in [1.165, 1.54) is 0 Å². The van der Waals surface area contributed by atoms with Gasteiger partial charge in [-0.3, -0.25) is 9.59 Å². The van der Waals surface area contributed by atoms with E-state index in [1.54, 1.807) is 6.92 Å². The van der Waals surface area contributed by atoms with Crippen LogP contribution >= 0.6 is 0 Å². The van der Waals surface area contributed by atoms with E-state index in [0.717, 1.165) is 5.56 Å². The topological polar surface area (TPSA) is 66.4 Å². The Bertz CT molecular complexity index is 403. The highest BCUT2D eigenvalue weighted by atomic mass is 16.4. The fourth-order valence-corrected chi connectivity index (χ4v) is 1.68. The predicted octanol–water partition coefficient (Wildman–Crippen LogP) is 2.02. The summed E-state index contributed by atoms with van der Waals surface area (Å²) in [5, 5.41) is 11.6. The maximum atomic E-state index is 11.9. The van der Waals surface area contributed by atoms with Crippen LogP contribution < -0.4 is 5.32 Å². The maximum absolute atomic E-state index is 11.9. The summed E-state index contributed by atoms with van der Waals surface area (Å²) < 4.78 is 0. The molecule has 0 bridgehead atoms. The van der Waals surface area contributed by atoms with Gasteiger partial charge in [-0.25, -0.2) is 0 Å². The molecule has 0 aliphatic heterocycles. The zero-order valence-electron chi connectivity index (χ0n) is 10.7. The van der Waals surface area contributed by atoms with Crippen molar-refractivity contribution in [2.75, 3.05) is 6.54 Å². The van der Waals surface area contributed by atoms with Crippen LogP contribution in [-0.2, 0) is 9.59 Å². The van der Waals surface area contributed by atoms with Crippen LogP contribution in [0.4, 0.5) is 0 Å². The number of carbonyl (C=O) groups excluding carboxylic acids is 1. The van der Waals surface area contributed by atoms with Gasteiger partial charge in [0.2, 0.25) is 5.91 Å². The van der Waals surface area contributed by atoms with Crippen molar-refractivity contribution in [3.63, 3.8) is 0 Å². The van der Waals surface area contributed by atoms with Crippen LogP contribution in [0.15, 0.2) is 30.3 Å². The molecule has 4 nitrogen and oxygen atoms in total. The molecule has 0 aliphatic carbocycles. The number of hydrogen-bond donors (Lipinski definition) is 2.